The van der Waals surface area contributed by atoms with Gasteiger partial charge in [0.05, 0.1) is 0 Å². The number of nitrogens with zero attached hydrogens (tertiary/aromatic N) is 4. The minimum atomic E-state index is -2.83. The number of rotatable bonds is 4. The van der Waals surface area contributed by atoms with Gasteiger partial charge in [-0.05, 0) is 18.6 Å². The molecule has 0 amide bonds. The standard InChI is InChI=1S/C14H13F2N5O/c1-2-6-21-13(10(15)16)20-12-9(14(21)22)18-11(19-12)8-4-3-5-17-7-8/h3-5,7,10H,2,6H2,1H3,(H,18,19). The molecule has 8 heteroatoms. The molecule has 0 fully saturated rings. The van der Waals surface area contributed by atoms with E-state index in [1.165, 1.54) is 0 Å². The van der Waals surface area contributed by atoms with E-state index in [-0.39, 0.29) is 17.7 Å². The van der Waals surface area contributed by atoms with Gasteiger partial charge in [-0.2, -0.15) is 0 Å². The second-order valence-corrected chi connectivity index (χ2v) is 4.75. The first-order valence-electron chi connectivity index (χ1n) is 6.80. The molecule has 0 saturated heterocycles. The molecule has 0 atom stereocenters. The van der Waals surface area contributed by atoms with Gasteiger partial charge < -0.3 is 4.98 Å². The number of halogens is 2. The van der Waals surface area contributed by atoms with Gasteiger partial charge in [0.1, 0.15) is 5.82 Å². The van der Waals surface area contributed by atoms with Crippen molar-refractivity contribution in [3.63, 3.8) is 0 Å². The zero-order valence-electron chi connectivity index (χ0n) is 11.8. The van der Waals surface area contributed by atoms with Crippen molar-refractivity contribution in [2.24, 2.45) is 0 Å². The lowest BCUT2D eigenvalue weighted by molar-refractivity contribution is 0.133. The fraction of sp³-hybridized carbons (Fsp3) is 0.286. The first kappa shape index (κ1) is 14.3. The number of imidazole rings is 1. The van der Waals surface area contributed by atoms with Crippen LogP contribution in [0.15, 0.2) is 29.3 Å². The van der Waals surface area contributed by atoms with Gasteiger partial charge in [-0.1, -0.05) is 6.92 Å². The molecule has 0 saturated carbocycles. The highest BCUT2D eigenvalue weighted by Gasteiger charge is 2.20. The minimum absolute atomic E-state index is 0.00786. The Morgan fingerprint density at radius 2 is 2.18 bits per heavy atom. The van der Waals surface area contributed by atoms with Crippen molar-refractivity contribution < 1.29 is 8.78 Å². The molecule has 22 heavy (non-hydrogen) atoms. The summed E-state index contributed by atoms with van der Waals surface area (Å²) in [6.07, 6.45) is 0.891. The van der Waals surface area contributed by atoms with Gasteiger partial charge in [0, 0.05) is 24.5 Å². The van der Waals surface area contributed by atoms with Crippen molar-refractivity contribution in [3.05, 3.63) is 40.7 Å². The van der Waals surface area contributed by atoms with Gasteiger partial charge in [-0.3, -0.25) is 14.3 Å². The number of pyridine rings is 1. The second kappa shape index (κ2) is 5.63. The molecule has 0 spiro atoms. The van der Waals surface area contributed by atoms with Crippen LogP contribution >= 0.6 is 0 Å². The third-order valence-corrected chi connectivity index (χ3v) is 3.22. The molecule has 0 aromatic carbocycles. The summed E-state index contributed by atoms with van der Waals surface area (Å²) in [5.74, 6) is -0.175. The van der Waals surface area contributed by atoms with Crippen LogP contribution in [-0.2, 0) is 6.54 Å². The van der Waals surface area contributed by atoms with Crippen molar-refractivity contribution in [1.29, 1.82) is 0 Å². The molecule has 3 aromatic heterocycles. The molecule has 0 aliphatic carbocycles. The van der Waals surface area contributed by atoms with Crippen LogP contribution in [0.5, 0.6) is 0 Å². The van der Waals surface area contributed by atoms with Crippen LogP contribution in [0.4, 0.5) is 8.78 Å². The maximum Gasteiger partial charge on any atom is 0.295 e. The maximum absolute atomic E-state index is 13.1. The van der Waals surface area contributed by atoms with Crippen LogP contribution in [0.1, 0.15) is 25.6 Å². The van der Waals surface area contributed by atoms with E-state index in [0.717, 1.165) is 4.57 Å². The zero-order valence-corrected chi connectivity index (χ0v) is 11.8. The molecule has 0 radical (unpaired) electrons. The number of aromatic amines is 1. The minimum Gasteiger partial charge on any atom is -0.332 e. The average Bonchev–Trinajstić information content (AvgIpc) is 2.95. The number of fused-ring (bicyclic) bond motifs is 1. The molecule has 3 aromatic rings. The van der Waals surface area contributed by atoms with Crippen molar-refractivity contribution in [3.8, 4) is 11.4 Å². The summed E-state index contributed by atoms with van der Waals surface area (Å²) in [4.78, 5) is 27.2. The molecule has 114 valence electrons. The molecule has 3 heterocycles. The summed E-state index contributed by atoms with van der Waals surface area (Å²) < 4.78 is 27.2. The van der Waals surface area contributed by atoms with E-state index in [0.29, 0.717) is 17.8 Å². The number of H-pyrrole nitrogens is 1. The zero-order chi connectivity index (χ0) is 15.7. The highest BCUT2D eigenvalue weighted by molar-refractivity contribution is 5.74. The third kappa shape index (κ3) is 2.36. The fourth-order valence-electron chi connectivity index (χ4n) is 2.25. The fourth-order valence-corrected chi connectivity index (χ4v) is 2.25. The Balaban J connectivity index is 2.24. The van der Waals surface area contributed by atoms with Crippen molar-refractivity contribution in [2.75, 3.05) is 0 Å². The molecule has 0 unspecified atom stereocenters. The van der Waals surface area contributed by atoms with Crippen LogP contribution in [0.3, 0.4) is 0 Å². The predicted octanol–water partition coefficient (Wildman–Crippen LogP) is 2.53. The van der Waals surface area contributed by atoms with E-state index < -0.39 is 17.8 Å². The summed E-state index contributed by atoms with van der Waals surface area (Å²) >= 11 is 0. The predicted molar refractivity (Wildman–Crippen MR) is 76.6 cm³/mol. The van der Waals surface area contributed by atoms with E-state index in [1.807, 2.05) is 0 Å². The number of alkyl halides is 2. The molecule has 3 rings (SSSR count). The molecule has 0 aliphatic heterocycles. The number of nitrogens with one attached hydrogen (secondary N) is 1. The summed E-state index contributed by atoms with van der Waals surface area (Å²) in [5.41, 5.74) is 0.230. The monoisotopic (exact) mass is 305 g/mol. The summed E-state index contributed by atoms with van der Waals surface area (Å²) in [5, 5.41) is 0. The summed E-state index contributed by atoms with van der Waals surface area (Å²) in [7, 11) is 0. The van der Waals surface area contributed by atoms with E-state index >= 15 is 0 Å². The van der Waals surface area contributed by atoms with Crippen LogP contribution in [-0.4, -0.2) is 24.5 Å². The Morgan fingerprint density at radius 1 is 1.36 bits per heavy atom. The maximum atomic E-state index is 13.1. The van der Waals surface area contributed by atoms with Crippen LogP contribution in [0.2, 0.25) is 0 Å². The lowest BCUT2D eigenvalue weighted by Gasteiger charge is -2.09. The largest absolute Gasteiger partial charge is 0.332 e. The van der Waals surface area contributed by atoms with E-state index in [1.54, 1.807) is 31.5 Å². The molecule has 1 N–H and O–H groups in total. The van der Waals surface area contributed by atoms with Gasteiger partial charge in [0.2, 0.25) is 0 Å². The Morgan fingerprint density at radius 3 is 2.82 bits per heavy atom. The first-order chi connectivity index (χ1) is 10.6. The average molecular weight is 305 g/mol. The third-order valence-electron chi connectivity index (χ3n) is 3.22. The van der Waals surface area contributed by atoms with Gasteiger partial charge in [0.25, 0.3) is 12.0 Å². The Labute approximate surface area is 123 Å². The normalized spacial score (nSPS) is 11.5. The van der Waals surface area contributed by atoms with E-state index in [9.17, 15) is 13.6 Å². The van der Waals surface area contributed by atoms with Crippen molar-refractivity contribution in [2.45, 2.75) is 26.3 Å². The van der Waals surface area contributed by atoms with E-state index in [2.05, 4.69) is 19.9 Å². The van der Waals surface area contributed by atoms with Gasteiger partial charge in [-0.25, -0.2) is 18.7 Å². The molecular formula is C14H13F2N5O. The quantitative estimate of drug-likeness (QED) is 0.803. The van der Waals surface area contributed by atoms with Crippen LogP contribution < -0.4 is 5.56 Å². The SMILES string of the molecule is CCCn1c(C(F)F)nc2nc(-c3cccnc3)[nH]c2c1=O. The van der Waals surface area contributed by atoms with Crippen molar-refractivity contribution >= 4 is 11.2 Å². The van der Waals surface area contributed by atoms with Crippen LogP contribution in [0, 0.1) is 0 Å². The van der Waals surface area contributed by atoms with Gasteiger partial charge in [0.15, 0.2) is 17.0 Å². The Bertz CT molecular complexity index is 857. The number of hydrogen-bond donors (Lipinski definition) is 1. The second-order valence-electron chi connectivity index (χ2n) is 4.75. The van der Waals surface area contributed by atoms with Crippen LogP contribution in [0.25, 0.3) is 22.6 Å². The number of aromatic nitrogens is 5. The topological polar surface area (TPSA) is 76.5 Å². The molecule has 0 aliphatic rings. The Hall–Kier alpha value is -2.64. The van der Waals surface area contributed by atoms with E-state index in [4.69, 9.17) is 0 Å². The summed E-state index contributed by atoms with van der Waals surface area (Å²) in [6.45, 7) is 1.99. The lowest BCUT2D eigenvalue weighted by Crippen LogP contribution is -2.25. The molecule has 0 bridgehead atoms. The van der Waals surface area contributed by atoms with Crippen molar-refractivity contribution in [1.82, 2.24) is 24.5 Å². The molecular weight excluding hydrogens is 292 g/mol. The first-order valence-corrected chi connectivity index (χ1v) is 6.80. The smallest absolute Gasteiger partial charge is 0.295 e. The van der Waals surface area contributed by atoms with Gasteiger partial charge in [-0.15, -0.1) is 0 Å². The highest BCUT2D eigenvalue weighted by Crippen LogP contribution is 2.20. The summed E-state index contributed by atoms with van der Waals surface area (Å²) in [6, 6.07) is 3.47. The van der Waals surface area contributed by atoms with Gasteiger partial charge >= 0.3 is 0 Å². The Kier molecular flexibility index (Phi) is 3.66. The lowest BCUT2D eigenvalue weighted by atomic mass is 10.3. The molecule has 6 nitrogen and oxygen atoms in total. The number of hydrogen-bond acceptors (Lipinski definition) is 4. The highest BCUT2D eigenvalue weighted by atomic mass is 19.3.